The third-order valence-electron chi connectivity index (χ3n) is 5.64. The van der Waals surface area contributed by atoms with Gasteiger partial charge < -0.3 is 4.90 Å². The fourth-order valence-electron chi connectivity index (χ4n) is 3.81. The van der Waals surface area contributed by atoms with Gasteiger partial charge in [-0.25, -0.2) is 8.42 Å². The highest BCUT2D eigenvalue weighted by atomic mass is 32.2. The Bertz CT molecular complexity index is 1190. The molecule has 0 atom stereocenters. The number of hydrogen-bond acceptors (Lipinski definition) is 5. The second kappa shape index (κ2) is 8.74. The number of nitrogens with zero attached hydrogens (tertiary/aromatic N) is 4. The Morgan fingerprint density at radius 3 is 2.45 bits per heavy atom. The predicted molar refractivity (Wildman–Crippen MR) is 122 cm³/mol. The van der Waals surface area contributed by atoms with Gasteiger partial charge in [0.2, 0.25) is 15.9 Å². The van der Waals surface area contributed by atoms with E-state index in [0.29, 0.717) is 31.7 Å². The van der Waals surface area contributed by atoms with Crippen LogP contribution in [0.1, 0.15) is 5.56 Å². The van der Waals surface area contributed by atoms with Crippen molar-refractivity contribution in [3.63, 3.8) is 0 Å². The number of para-hydroxylation sites is 2. The number of aryl methyl sites for hydroxylation is 1. The van der Waals surface area contributed by atoms with E-state index < -0.39 is 10.0 Å². The molecule has 31 heavy (non-hydrogen) atoms. The first-order chi connectivity index (χ1) is 14.9. The minimum Gasteiger partial charge on any atom is -0.314 e. The lowest BCUT2D eigenvalue weighted by Crippen LogP contribution is -2.51. The van der Waals surface area contributed by atoms with Crippen molar-refractivity contribution in [3.05, 3.63) is 66.4 Å². The molecule has 0 aliphatic carbocycles. The number of carbonyl (C=O) groups is 1. The van der Waals surface area contributed by atoms with Crippen molar-refractivity contribution in [1.29, 1.82) is 0 Å². The molecular weight excluding hydrogens is 412 g/mol. The van der Waals surface area contributed by atoms with E-state index in [1.54, 1.807) is 30.3 Å². The molecule has 3 aromatic rings. The molecular formula is C23H26N4O3S. The number of anilines is 1. The Morgan fingerprint density at radius 1 is 1.03 bits per heavy atom. The Morgan fingerprint density at radius 2 is 1.74 bits per heavy atom. The number of aromatic nitrogens is 1. The zero-order valence-electron chi connectivity index (χ0n) is 17.7. The lowest BCUT2D eigenvalue weighted by molar-refractivity contribution is -0.119. The van der Waals surface area contributed by atoms with E-state index in [9.17, 15) is 13.2 Å². The molecule has 7 nitrogen and oxygen atoms in total. The lowest BCUT2D eigenvalue weighted by Gasteiger charge is -2.34. The van der Waals surface area contributed by atoms with Gasteiger partial charge in [0, 0.05) is 50.5 Å². The maximum Gasteiger partial charge on any atom is 0.245 e. The molecule has 1 saturated heterocycles. The quantitative estimate of drug-likeness (QED) is 0.612. The topological polar surface area (TPSA) is 73.8 Å². The van der Waals surface area contributed by atoms with Crippen LogP contribution >= 0.6 is 0 Å². The van der Waals surface area contributed by atoms with E-state index in [-0.39, 0.29) is 17.3 Å². The number of fused-ring (bicyclic) bond motifs is 1. The van der Waals surface area contributed by atoms with Gasteiger partial charge in [-0.3, -0.25) is 14.7 Å². The fraction of sp³-hybridized carbons (Fsp3) is 0.304. The number of benzene rings is 2. The number of carbonyl (C=O) groups excluding carboxylic acids is 1. The van der Waals surface area contributed by atoms with Crippen molar-refractivity contribution >= 4 is 32.5 Å². The highest BCUT2D eigenvalue weighted by Crippen LogP contribution is 2.25. The summed E-state index contributed by atoms with van der Waals surface area (Å²) in [6, 6.07) is 16.7. The second-order valence-electron chi connectivity index (χ2n) is 7.81. The van der Waals surface area contributed by atoms with Crippen molar-refractivity contribution in [2.75, 3.05) is 44.7 Å². The van der Waals surface area contributed by atoms with Gasteiger partial charge in [-0.1, -0.05) is 30.3 Å². The van der Waals surface area contributed by atoms with Crippen molar-refractivity contribution in [3.8, 4) is 0 Å². The molecule has 1 amide bonds. The van der Waals surface area contributed by atoms with E-state index in [1.165, 1.54) is 4.31 Å². The SMILES string of the molecule is Cc1cnc2c(S(=O)(=O)N3CCN(CC(=O)N(C)c4ccccc4)CC3)cccc2c1. The van der Waals surface area contributed by atoms with Crippen molar-refractivity contribution in [1.82, 2.24) is 14.2 Å². The van der Waals surface area contributed by atoms with Crippen molar-refractivity contribution < 1.29 is 13.2 Å². The van der Waals surface area contributed by atoms with Crippen molar-refractivity contribution in [2.45, 2.75) is 11.8 Å². The van der Waals surface area contributed by atoms with Gasteiger partial charge in [0.25, 0.3) is 0 Å². The molecule has 162 valence electrons. The van der Waals surface area contributed by atoms with Gasteiger partial charge in [0.15, 0.2) is 0 Å². The van der Waals surface area contributed by atoms with Crippen LogP contribution < -0.4 is 4.90 Å². The molecule has 0 bridgehead atoms. The van der Waals surface area contributed by atoms with Gasteiger partial charge in [-0.05, 0) is 36.8 Å². The molecule has 2 heterocycles. The van der Waals surface area contributed by atoms with Gasteiger partial charge in [-0.2, -0.15) is 4.31 Å². The van der Waals surface area contributed by atoms with Crippen LogP contribution in [0.3, 0.4) is 0 Å². The van der Waals surface area contributed by atoms with Crippen LogP contribution in [0.2, 0.25) is 0 Å². The summed E-state index contributed by atoms with van der Waals surface area (Å²) in [7, 11) is -1.91. The van der Waals surface area contributed by atoms with Gasteiger partial charge in [-0.15, -0.1) is 0 Å². The maximum absolute atomic E-state index is 13.3. The predicted octanol–water partition coefficient (Wildman–Crippen LogP) is 2.51. The van der Waals surface area contributed by atoms with E-state index in [0.717, 1.165) is 16.6 Å². The minimum atomic E-state index is -3.66. The maximum atomic E-state index is 13.3. The molecule has 0 radical (unpaired) electrons. The largest absolute Gasteiger partial charge is 0.314 e. The van der Waals surface area contributed by atoms with E-state index in [2.05, 4.69) is 4.98 Å². The number of rotatable bonds is 5. The van der Waals surface area contributed by atoms with E-state index >= 15 is 0 Å². The van der Waals surface area contributed by atoms with Gasteiger partial charge >= 0.3 is 0 Å². The van der Waals surface area contributed by atoms with E-state index in [1.807, 2.05) is 54.3 Å². The summed E-state index contributed by atoms with van der Waals surface area (Å²) >= 11 is 0. The van der Waals surface area contributed by atoms with Crippen LogP contribution in [0, 0.1) is 6.92 Å². The molecule has 0 saturated carbocycles. The smallest absolute Gasteiger partial charge is 0.245 e. The summed E-state index contributed by atoms with van der Waals surface area (Å²) < 4.78 is 28.1. The minimum absolute atomic E-state index is 0.0175. The van der Waals surface area contributed by atoms with Crippen LogP contribution in [-0.4, -0.2) is 68.3 Å². The summed E-state index contributed by atoms with van der Waals surface area (Å²) in [6.45, 7) is 3.88. The number of sulfonamides is 1. The van der Waals surface area contributed by atoms with Crippen LogP contribution in [0.25, 0.3) is 10.9 Å². The monoisotopic (exact) mass is 438 g/mol. The highest BCUT2D eigenvalue weighted by Gasteiger charge is 2.31. The number of pyridine rings is 1. The number of amides is 1. The molecule has 0 spiro atoms. The fourth-order valence-corrected chi connectivity index (χ4v) is 5.40. The lowest BCUT2D eigenvalue weighted by atomic mass is 10.2. The number of piperazine rings is 1. The third kappa shape index (κ3) is 4.46. The molecule has 0 N–H and O–H groups in total. The zero-order chi connectivity index (χ0) is 22.0. The average Bonchev–Trinajstić information content (AvgIpc) is 2.78. The highest BCUT2D eigenvalue weighted by molar-refractivity contribution is 7.89. The summed E-state index contributed by atoms with van der Waals surface area (Å²) in [6.07, 6.45) is 1.69. The number of hydrogen-bond donors (Lipinski definition) is 0. The first-order valence-electron chi connectivity index (χ1n) is 10.3. The Labute approximate surface area is 183 Å². The van der Waals surface area contributed by atoms with E-state index in [4.69, 9.17) is 0 Å². The molecule has 1 aliphatic heterocycles. The molecule has 2 aromatic carbocycles. The van der Waals surface area contributed by atoms with Crippen LogP contribution in [0.4, 0.5) is 5.69 Å². The van der Waals surface area contributed by atoms with Crippen LogP contribution in [-0.2, 0) is 14.8 Å². The Balaban J connectivity index is 1.43. The zero-order valence-corrected chi connectivity index (χ0v) is 18.5. The number of likely N-dealkylation sites (N-methyl/N-ethyl adjacent to an activating group) is 1. The van der Waals surface area contributed by atoms with Crippen molar-refractivity contribution in [2.24, 2.45) is 0 Å². The summed E-state index contributed by atoms with van der Waals surface area (Å²) in [5, 5.41) is 0.814. The first kappa shape index (κ1) is 21.4. The molecule has 8 heteroatoms. The summed E-state index contributed by atoms with van der Waals surface area (Å²) in [5.41, 5.74) is 2.32. The Hall–Kier alpha value is -2.81. The van der Waals surface area contributed by atoms with Crippen LogP contribution in [0.15, 0.2) is 65.7 Å². The normalized spacial score (nSPS) is 15.8. The standard InChI is InChI=1S/C23H26N4O3S/c1-18-15-19-7-6-10-21(23(19)24-16-18)31(29,30)27-13-11-26(12-14-27)17-22(28)25(2)20-8-4-3-5-9-20/h3-10,15-16H,11-14,17H2,1-2H3. The third-order valence-corrected chi connectivity index (χ3v) is 7.57. The second-order valence-corrected chi connectivity index (χ2v) is 9.72. The summed E-state index contributed by atoms with van der Waals surface area (Å²) in [5.74, 6) is -0.0175. The summed E-state index contributed by atoms with van der Waals surface area (Å²) in [4.78, 5) is 20.9. The molecule has 4 rings (SSSR count). The molecule has 0 unspecified atom stereocenters. The average molecular weight is 439 g/mol. The first-order valence-corrected chi connectivity index (χ1v) is 11.7. The molecule has 1 fully saturated rings. The van der Waals surface area contributed by atoms with Crippen LogP contribution in [0.5, 0.6) is 0 Å². The van der Waals surface area contributed by atoms with Gasteiger partial charge in [0.05, 0.1) is 12.1 Å². The van der Waals surface area contributed by atoms with Gasteiger partial charge in [0.1, 0.15) is 4.90 Å². The molecule has 1 aliphatic rings. The molecule has 1 aromatic heterocycles. The Kier molecular flexibility index (Phi) is 6.04.